The Morgan fingerprint density at radius 2 is 2.36 bits per heavy atom. The average molecular weight is 319 g/mol. The summed E-state index contributed by atoms with van der Waals surface area (Å²) in [5, 5.41) is 9.42. The number of likely N-dealkylation sites (tertiary alicyclic amines) is 1. The lowest BCUT2D eigenvalue weighted by Crippen LogP contribution is -2.33. The van der Waals surface area contributed by atoms with Gasteiger partial charge in [-0.1, -0.05) is 5.16 Å². The molecule has 0 spiro atoms. The van der Waals surface area contributed by atoms with Gasteiger partial charge in [0.05, 0.1) is 12.6 Å². The van der Waals surface area contributed by atoms with E-state index in [-0.39, 0.29) is 11.9 Å². The van der Waals surface area contributed by atoms with Gasteiger partial charge in [0.1, 0.15) is 0 Å². The molecule has 1 amide bonds. The highest BCUT2D eigenvalue weighted by atomic mass is 32.1. The maximum absolute atomic E-state index is 12.1. The second-order valence-electron chi connectivity index (χ2n) is 5.78. The third kappa shape index (κ3) is 2.89. The highest BCUT2D eigenvalue weighted by molar-refractivity contribution is 7.13. The van der Waals surface area contributed by atoms with Crippen molar-refractivity contribution in [3.63, 3.8) is 0 Å². The minimum atomic E-state index is -0.0484. The number of nitrogens with zero attached hydrogens (tertiary/aromatic N) is 4. The topological polar surface area (TPSA) is 84.2 Å². The number of amides is 1. The molecule has 1 saturated carbocycles. The van der Waals surface area contributed by atoms with Gasteiger partial charge in [-0.25, -0.2) is 4.98 Å². The van der Waals surface area contributed by atoms with Crippen LogP contribution in [0.2, 0.25) is 0 Å². The Labute approximate surface area is 131 Å². The first-order valence-electron chi connectivity index (χ1n) is 7.56. The number of carbonyl (C=O) groups excluding carboxylic acids is 1. The minimum Gasteiger partial charge on any atom is -0.339 e. The molecular formula is C14H17N5O2S. The van der Waals surface area contributed by atoms with E-state index in [0.29, 0.717) is 17.6 Å². The molecule has 0 radical (unpaired) electrons. The normalized spacial score (nSPS) is 22.1. The smallest absolute Gasteiger partial charge is 0.240 e. The molecule has 8 heteroatoms. The van der Waals surface area contributed by atoms with Crippen LogP contribution in [0.25, 0.3) is 0 Å². The van der Waals surface area contributed by atoms with E-state index in [1.54, 1.807) is 6.20 Å². The Balaban J connectivity index is 1.40. The zero-order valence-electron chi connectivity index (χ0n) is 12.1. The summed E-state index contributed by atoms with van der Waals surface area (Å²) in [6.45, 7) is 1.21. The standard InChI is InChI=1S/C14H17N5O2S/c20-11(16-14-15-5-7-22-14)8-19-6-1-2-10(19)12-17-13(21-18-12)9-3-4-9/h5,7,9-10H,1-4,6,8H2,(H,15,16,20). The van der Waals surface area contributed by atoms with E-state index in [4.69, 9.17) is 4.52 Å². The summed E-state index contributed by atoms with van der Waals surface area (Å²) in [6.07, 6.45) is 5.98. The highest BCUT2D eigenvalue weighted by Gasteiger charge is 2.34. The molecule has 2 aromatic rings. The number of aromatic nitrogens is 3. The minimum absolute atomic E-state index is 0.0484. The summed E-state index contributed by atoms with van der Waals surface area (Å²) >= 11 is 1.42. The summed E-state index contributed by atoms with van der Waals surface area (Å²) in [7, 11) is 0. The lowest BCUT2D eigenvalue weighted by molar-refractivity contribution is -0.117. The van der Waals surface area contributed by atoms with Crippen molar-refractivity contribution in [1.29, 1.82) is 0 Å². The fraction of sp³-hybridized carbons (Fsp3) is 0.571. The molecule has 1 atom stereocenters. The first kappa shape index (κ1) is 13.8. The van der Waals surface area contributed by atoms with Crippen LogP contribution in [-0.2, 0) is 4.79 Å². The van der Waals surface area contributed by atoms with Gasteiger partial charge in [0.2, 0.25) is 11.8 Å². The molecule has 22 heavy (non-hydrogen) atoms. The Hall–Kier alpha value is -1.80. The Bertz CT molecular complexity index is 652. The van der Waals surface area contributed by atoms with E-state index < -0.39 is 0 Å². The third-order valence-corrected chi connectivity index (χ3v) is 4.76. The van der Waals surface area contributed by atoms with Crippen LogP contribution in [0.15, 0.2) is 16.1 Å². The van der Waals surface area contributed by atoms with Gasteiger partial charge >= 0.3 is 0 Å². The number of hydrogen-bond acceptors (Lipinski definition) is 7. The summed E-state index contributed by atoms with van der Waals surface area (Å²) in [4.78, 5) is 22.8. The zero-order valence-corrected chi connectivity index (χ0v) is 12.9. The van der Waals surface area contributed by atoms with Crippen molar-refractivity contribution in [3.05, 3.63) is 23.3 Å². The van der Waals surface area contributed by atoms with Crippen LogP contribution in [0.4, 0.5) is 5.13 Å². The highest BCUT2D eigenvalue weighted by Crippen LogP contribution is 2.40. The van der Waals surface area contributed by atoms with Gasteiger partial charge in [-0.3, -0.25) is 9.69 Å². The van der Waals surface area contributed by atoms with Gasteiger partial charge in [0.15, 0.2) is 11.0 Å². The van der Waals surface area contributed by atoms with Crippen LogP contribution in [0.5, 0.6) is 0 Å². The van der Waals surface area contributed by atoms with E-state index in [0.717, 1.165) is 43.9 Å². The van der Waals surface area contributed by atoms with Crippen molar-refractivity contribution in [3.8, 4) is 0 Å². The van der Waals surface area contributed by atoms with Crippen molar-refractivity contribution >= 4 is 22.4 Å². The first-order valence-corrected chi connectivity index (χ1v) is 8.44. The number of hydrogen-bond donors (Lipinski definition) is 1. The Kier molecular flexibility index (Phi) is 3.63. The molecule has 1 N–H and O–H groups in total. The molecule has 7 nitrogen and oxygen atoms in total. The van der Waals surface area contributed by atoms with Crippen LogP contribution < -0.4 is 5.32 Å². The summed E-state index contributed by atoms with van der Waals surface area (Å²) < 4.78 is 5.34. The molecule has 2 fully saturated rings. The Morgan fingerprint density at radius 3 is 3.14 bits per heavy atom. The quantitative estimate of drug-likeness (QED) is 0.909. The predicted octanol–water partition coefficient (Wildman–Crippen LogP) is 2.18. The van der Waals surface area contributed by atoms with Gasteiger partial charge in [-0.05, 0) is 32.2 Å². The van der Waals surface area contributed by atoms with E-state index in [1.165, 1.54) is 11.3 Å². The molecule has 4 rings (SSSR count). The largest absolute Gasteiger partial charge is 0.339 e. The van der Waals surface area contributed by atoms with E-state index in [2.05, 4.69) is 25.3 Å². The maximum atomic E-state index is 12.1. The van der Waals surface area contributed by atoms with Crippen molar-refractivity contribution in [2.45, 2.75) is 37.6 Å². The molecule has 2 aromatic heterocycles. The maximum Gasteiger partial charge on any atom is 0.240 e. The van der Waals surface area contributed by atoms with Crippen LogP contribution in [0.1, 0.15) is 49.4 Å². The van der Waals surface area contributed by atoms with E-state index in [9.17, 15) is 4.79 Å². The van der Waals surface area contributed by atoms with E-state index in [1.807, 2.05) is 5.38 Å². The van der Waals surface area contributed by atoms with Crippen LogP contribution in [0.3, 0.4) is 0 Å². The molecule has 116 valence electrons. The lowest BCUT2D eigenvalue weighted by atomic mass is 10.2. The number of thiazole rings is 1. The van der Waals surface area contributed by atoms with Crippen LogP contribution in [-0.4, -0.2) is 39.0 Å². The lowest BCUT2D eigenvalue weighted by Gasteiger charge is -2.20. The zero-order chi connectivity index (χ0) is 14.9. The van der Waals surface area contributed by atoms with Crippen molar-refractivity contribution in [2.24, 2.45) is 0 Å². The predicted molar refractivity (Wildman–Crippen MR) is 80.6 cm³/mol. The Morgan fingerprint density at radius 1 is 1.45 bits per heavy atom. The van der Waals surface area contributed by atoms with Gasteiger partial charge in [-0.15, -0.1) is 11.3 Å². The second kappa shape index (κ2) is 5.77. The van der Waals surface area contributed by atoms with Crippen molar-refractivity contribution < 1.29 is 9.32 Å². The van der Waals surface area contributed by atoms with Gasteiger partial charge < -0.3 is 9.84 Å². The second-order valence-corrected chi connectivity index (χ2v) is 6.67. The molecule has 1 unspecified atom stereocenters. The molecule has 1 aliphatic carbocycles. The van der Waals surface area contributed by atoms with Gasteiger partial charge in [0.25, 0.3) is 0 Å². The SMILES string of the molecule is O=C(CN1CCCC1c1noc(C2CC2)n1)Nc1nccs1. The number of rotatable bonds is 5. The summed E-state index contributed by atoms with van der Waals surface area (Å²) in [6, 6.07) is 0.0818. The monoisotopic (exact) mass is 319 g/mol. The molecular weight excluding hydrogens is 302 g/mol. The third-order valence-electron chi connectivity index (χ3n) is 4.07. The van der Waals surface area contributed by atoms with Crippen molar-refractivity contribution in [1.82, 2.24) is 20.0 Å². The van der Waals surface area contributed by atoms with Crippen LogP contribution >= 0.6 is 11.3 Å². The fourth-order valence-corrected chi connectivity index (χ4v) is 3.36. The van der Waals surface area contributed by atoms with E-state index >= 15 is 0 Å². The first-order chi connectivity index (χ1) is 10.8. The van der Waals surface area contributed by atoms with Crippen molar-refractivity contribution in [2.75, 3.05) is 18.4 Å². The molecule has 2 aliphatic rings. The summed E-state index contributed by atoms with van der Waals surface area (Å²) in [5.74, 6) is 1.90. The summed E-state index contributed by atoms with van der Waals surface area (Å²) in [5.41, 5.74) is 0. The number of nitrogens with one attached hydrogen (secondary N) is 1. The van der Waals surface area contributed by atoms with Crippen LogP contribution in [0, 0.1) is 0 Å². The van der Waals surface area contributed by atoms with Gasteiger partial charge in [0, 0.05) is 17.5 Å². The number of anilines is 1. The molecule has 1 aliphatic heterocycles. The molecule has 3 heterocycles. The average Bonchev–Trinajstić information content (AvgIpc) is 2.95. The molecule has 1 saturated heterocycles. The molecule has 0 bridgehead atoms. The number of carbonyl (C=O) groups is 1. The van der Waals surface area contributed by atoms with Gasteiger partial charge in [-0.2, -0.15) is 4.98 Å². The fourth-order valence-electron chi connectivity index (χ4n) is 2.81. The molecule has 0 aromatic carbocycles.